The molecule has 0 spiro atoms. The second-order valence-electron chi connectivity index (χ2n) is 12.9. The molecule has 3 aliphatic rings. The lowest BCUT2D eigenvalue weighted by Crippen LogP contribution is -2.49. The van der Waals surface area contributed by atoms with Crippen molar-refractivity contribution in [3.63, 3.8) is 0 Å². The molecule has 0 aliphatic carbocycles. The van der Waals surface area contributed by atoms with Crippen LogP contribution < -0.4 is 26.0 Å². The predicted molar refractivity (Wildman–Crippen MR) is 167 cm³/mol. The van der Waals surface area contributed by atoms with Crippen LogP contribution in [0.5, 0.6) is 11.5 Å². The highest BCUT2D eigenvalue weighted by Gasteiger charge is 2.34. The van der Waals surface area contributed by atoms with Crippen LogP contribution in [-0.2, 0) is 17.8 Å². The molecule has 1 amide bonds. The number of carbonyl (C=O) groups is 1. The van der Waals surface area contributed by atoms with E-state index in [2.05, 4.69) is 16.3 Å². The van der Waals surface area contributed by atoms with Gasteiger partial charge >= 0.3 is 5.63 Å². The van der Waals surface area contributed by atoms with Crippen LogP contribution in [0.25, 0.3) is 22.1 Å². The van der Waals surface area contributed by atoms with Crippen LogP contribution in [0.15, 0.2) is 74.7 Å². The van der Waals surface area contributed by atoms with Gasteiger partial charge < -0.3 is 28.7 Å². The molecule has 4 aromatic rings. The smallest absolute Gasteiger partial charge is 0.336 e. The molecular weight excluding hydrogens is 558 g/mol. The fourth-order valence-electron chi connectivity index (χ4n) is 7.13. The normalized spacial score (nSPS) is 20.3. The number of rotatable bonds is 7. The first-order valence-electron chi connectivity index (χ1n) is 15.4. The molecule has 0 radical (unpaired) electrons. The highest BCUT2D eigenvalue weighted by Crippen LogP contribution is 2.44. The van der Waals surface area contributed by atoms with Gasteiger partial charge in [0.2, 0.25) is 0 Å². The van der Waals surface area contributed by atoms with Crippen molar-refractivity contribution in [1.82, 2.24) is 14.8 Å². The van der Waals surface area contributed by atoms with Gasteiger partial charge in [-0.05, 0) is 50.7 Å². The number of nitrogens with one attached hydrogen (secondary N) is 1. The molecule has 0 saturated carbocycles. The number of nitrogens with zero attached hydrogens (tertiary/aromatic N) is 2. The van der Waals surface area contributed by atoms with Crippen molar-refractivity contribution in [3.8, 4) is 22.6 Å². The minimum absolute atomic E-state index is 0.0814. The molecule has 1 saturated heterocycles. The Kier molecular flexibility index (Phi) is 7.28. The average Bonchev–Trinajstić information content (AvgIpc) is 3.00. The van der Waals surface area contributed by atoms with Crippen LogP contribution in [0.2, 0.25) is 0 Å². The Morgan fingerprint density at radius 1 is 1.05 bits per heavy atom. The quantitative estimate of drug-likeness (QED) is 0.317. The monoisotopic (exact) mass is 595 g/mol. The molecule has 1 N–H and O–H groups in total. The zero-order valence-corrected chi connectivity index (χ0v) is 25.1. The molecule has 9 nitrogen and oxygen atoms in total. The Morgan fingerprint density at radius 2 is 1.89 bits per heavy atom. The van der Waals surface area contributed by atoms with E-state index in [0.29, 0.717) is 52.8 Å². The van der Waals surface area contributed by atoms with Crippen molar-refractivity contribution in [3.05, 3.63) is 92.7 Å². The number of hydrogen-bond acceptors (Lipinski definition) is 7. The number of benzene rings is 2. The van der Waals surface area contributed by atoms with Crippen molar-refractivity contribution in [2.24, 2.45) is 5.92 Å². The fraction of sp³-hybridized carbons (Fsp3) is 0.400. The van der Waals surface area contributed by atoms with Gasteiger partial charge in [0, 0.05) is 73.7 Å². The Bertz CT molecular complexity index is 1840. The number of likely N-dealkylation sites (tertiary alicyclic amines) is 1. The standard InChI is InChI=1S/C35H37N3O6/c1-35(2)12-11-25-28(44-35)17-29(33-26(16-32(41)43-34(25)33)23-7-4-3-5-8-23)42-21-30(39)36-13-14-37-18-22-15-24(20-37)27-9-6-10-31(40)38(27)19-22/h3-10,16-17,22,24H,11-15,18-21H2,1-2H3,(H,36,39). The lowest BCUT2D eigenvalue weighted by Gasteiger charge is -2.42. The molecule has 2 aromatic carbocycles. The zero-order valence-electron chi connectivity index (χ0n) is 25.1. The van der Waals surface area contributed by atoms with Gasteiger partial charge in [-0.15, -0.1) is 0 Å². The summed E-state index contributed by atoms with van der Waals surface area (Å²) >= 11 is 0. The Balaban J connectivity index is 1.07. The van der Waals surface area contributed by atoms with Gasteiger partial charge in [0.25, 0.3) is 11.5 Å². The molecule has 9 heteroatoms. The van der Waals surface area contributed by atoms with E-state index in [0.717, 1.165) is 55.8 Å². The van der Waals surface area contributed by atoms with E-state index < -0.39 is 5.63 Å². The van der Waals surface area contributed by atoms with Gasteiger partial charge in [-0.3, -0.25) is 9.59 Å². The number of aryl methyl sites for hydroxylation is 1. The molecule has 2 atom stereocenters. The van der Waals surface area contributed by atoms with Crippen LogP contribution in [0.1, 0.15) is 43.9 Å². The van der Waals surface area contributed by atoms with Gasteiger partial charge in [0.1, 0.15) is 22.7 Å². The molecule has 228 valence electrons. The van der Waals surface area contributed by atoms with Crippen molar-refractivity contribution >= 4 is 16.9 Å². The van der Waals surface area contributed by atoms with E-state index in [4.69, 9.17) is 13.9 Å². The van der Waals surface area contributed by atoms with Crippen LogP contribution in [0.4, 0.5) is 0 Å². The molecule has 1 fully saturated rings. The second-order valence-corrected chi connectivity index (χ2v) is 12.9. The maximum absolute atomic E-state index is 13.0. The molecule has 3 aliphatic heterocycles. The number of carbonyl (C=O) groups excluding carboxylic acids is 1. The fourth-order valence-corrected chi connectivity index (χ4v) is 7.13. The Morgan fingerprint density at radius 3 is 2.73 bits per heavy atom. The van der Waals surface area contributed by atoms with Crippen LogP contribution in [0.3, 0.4) is 0 Å². The Labute approximate surface area is 255 Å². The summed E-state index contributed by atoms with van der Waals surface area (Å²) in [5.74, 6) is 1.58. The van der Waals surface area contributed by atoms with E-state index in [1.54, 1.807) is 6.07 Å². The van der Waals surface area contributed by atoms with Gasteiger partial charge in [0.15, 0.2) is 6.61 Å². The second kappa shape index (κ2) is 11.3. The minimum atomic E-state index is -0.448. The summed E-state index contributed by atoms with van der Waals surface area (Å²) in [7, 11) is 0. The van der Waals surface area contributed by atoms with E-state index in [1.807, 2.05) is 60.9 Å². The largest absolute Gasteiger partial charge is 0.487 e. The van der Waals surface area contributed by atoms with E-state index in [9.17, 15) is 14.4 Å². The first-order chi connectivity index (χ1) is 21.2. The highest BCUT2D eigenvalue weighted by molar-refractivity contribution is 6.00. The lowest BCUT2D eigenvalue weighted by molar-refractivity contribution is -0.123. The summed E-state index contributed by atoms with van der Waals surface area (Å²) in [6.45, 7) is 7.62. The number of hydrogen-bond donors (Lipinski definition) is 1. The number of ether oxygens (including phenoxy) is 2. The van der Waals surface area contributed by atoms with Crippen molar-refractivity contribution < 1.29 is 18.7 Å². The minimum Gasteiger partial charge on any atom is -0.487 e. The van der Waals surface area contributed by atoms with Gasteiger partial charge in [-0.2, -0.15) is 0 Å². The number of amides is 1. The third kappa shape index (κ3) is 5.52. The molecule has 7 rings (SSSR count). The predicted octanol–water partition coefficient (Wildman–Crippen LogP) is 4.34. The van der Waals surface area contributed by atoms with E-state index in [1.165, 1.54) is 6.07 Å². The number of fused-ring (bicyclic) bond motifs is 7. The summed E-state index contributed by atoms with van der Waals surface area (Å²) in [6, 6.07) is 18.5. The Hall–Kier alpha value is -4.37. The van der Waals surface area contributed by atoms with Gasteiger partial charge in [-0.25, -0.2) is 4.79 Å². The molecule has 2 aromatic heterocycles. The third-order valence-corrected chi connectivity index (χ3v) is 9.15. The van der Waals surface area contributed by atoms with Crippen molar-refractivity contribution in [2.75, 3.05) is 32.8 Å². The summed E-state index contributed by atoms with van der Waals surface area (Å²) < 4.78 is 20.2. The summed E-state index contributed by atoms with van der Waals surface area (Å²) in [5.41, 5.74) is 3.20. The maximum Gasteiger partial charge on any atom is 0.336 e. The van der Waals surface area contributed by atoms with E-state index in [-0.39, 0.29) is 23.7 Å². The number of piperidine rings is 1. The van der Waals surface area contributed by atoms with Crippen LogP contribution in [-0.4, -0.2) is 53.8 Å². The summed E-state index contributed by atoms with van der Waals surface area (Å²) in [4.78, 5) is 40.4. The first-order valence-corrected chi connectivity index (χ1v) is 15.4. The molecule has 5 heterocycles. The summed E-state index contributed by atoms with van der Waals surface area (Å²) in [6.07, 6.45) is 2.57. The SMILES string of the molecule is CC1(C)CCc2c(cc(OCC(=O)NCCN3CC4CC(C3)c3cccc(=O)n3C4)c3c(-c4ccccc4)cc(=O)oc23)O1. The highest BCUT2D eigenvalue weighted by atomic mass is 16.5. The maximum atomic E-state index is 13.0. The van der Waals surface area contributed by atoms with Gasteiger partial charge in [-0.1, -0.05) is 36.4 Å². The molecule has 2 unspecified atom stereocenters. The molecule has 44 heavy (non-hydrogen) atoms. The third-order valence-electron chi connectivity index (χ3n) is 9.15. The number of pyridine rings is 1. The van der Waals surface area contributed by atoms with Crippen LogP contribution >= 0.6 is 0 Å². The first kappa shape index (κ1) is 28.4. The van der Waals surface area contributed by atoms with Crippen molar-refractivity contribution in [2.45, 2.75) is 51.2 Å². The molecular formula is C35H37N3O6. The zero-order chi connectivity index (χ0) is 30.4. The summed E-state index contributed by atoms with van der Waals surface area (Å²) in [5, 5.41) is 3.66. The van der Waals surface area contributed by atoms with E-state index >= 15 is 0 Å². The lowest BCUT2D eigenvalue weighted by atomic mass is 9.83. The topological polar surface area (TPSA) is 103 Å². The van der Waals surface area contributed by atoms with Crippen molar-refractivity contribution in [1.29, 1.82) is 0 Å². The van der Waals surface area contributed by atoms with Gasteiger partial charge in [0.05, 0.1) is 5.39 Å². The number of aromatic nitrogens is 1. The average molecular weight is 596 g/mol. The van der Waals surface area contributed by atoms with Crippen LogP contribution in [0, 0.1) is 5.92 Å². The molecule has 2 bridgehead atoms.